The van der Waals surface area contributed by atoms with Crippen molar-refractivity contribution in [1.82, 2.24) is 10.2 Å². The fourth-order valence-electron chi connectivity index (χ4n) is 1.71. The molecule has 0 rings (SSSR count). The van der Waals surface area contributed by atoms with Crippen LogP contribution in [0.2, 0.25) is 0 Å². The Morgan fingerprint density at radius 3 is 2.47 bits per heavy atom. The van der Waals surface area contributed by atoms with Gasteiger partial charge in [-0.25, -0.2) is 0 Å². The third-order valence-corrected chi connectivity index (χ3v) is 3.18. The van der Waals surface area contributed by atoms with Crippen molar-refractivity contribution in [2.75, 3.05) is 7.05 Å². The zero-order valence-corrected chi connectivity index (χ0v) is 11.7. The van der Waals surface area contributed by atoms with E-state index in [4.69, 9.17) is 5.26 Å². The van der Waals surface area contributed by atoms with E-state index in [0.717, 1.165) is 12.8 Å². The van der Waals surface area contributed by atoms with Crippen molar-refractivity contribution in [3.05, 3.63) is 0 Å². The number of likely N-dealkylation sites (N-methyl/N-ethyl adjacent to an activating group) is 1. The summed E-state index contributed by atoms with van der Waals surface area (Å²) in [5.74, 6) is 0.0400. The minimum absolute atomic E-state index is 0.0400. The van der Waals surface area contributed by atoms with Crippen molar-refractivity contribution in [2.45, 2.75) is 65.1 Å². The van der Waals surface area contributed by atoms with Gasteiger partial charge in [-0.1, -0.05) is 13.3 Å². The molecule has 0 fully saturated rings. The second-order valence-electron chi connectivity index (χ2n) is 4.75. The van der Waals surface area contributed by atoms with Gasteiger partial charge in [-0.15, -0.1) is 0 Å². The van der Waals surface area contributed by atoms with Gasteiger partial charge in [0, 0.05) is 12.1 Å². The molecule has 0 heterocycles. The number of nitriles is 1. The molecule has 0 saturated heterocycles. The highest BCUT2D eigenvalue weighted by atomic mass is 16.2. The van der Waals surface area contributed by atoms with E-state index in [1.807, 2.05) is 32.7 Å². The zero-order valence-electron chi connectivity index (χ0n) is 11.7. The molecule has 0 aliphatic rings. The molecule has 4 heteroatoms. The minimum atomic E-state index is -0.197. The van der Waals surface area contributed by atoms with Crippen LogP contribution in [0, 0.1) is 11.3 Å². The van der Waals surface area contributed by atoms with E-state index in [9.17, 15) is 4.79 Å². The lowest BCUT2D eigenvalue weighted by molar-refractivity contribution is -0.126. The first kappa shape index (κ1) is 15.9. The van der Waals surface area contributed by atoms with Crippen molar-refractivity contribution >= 4 is 5.91 Å². The molecule has 3 atom stereocenters. The van der Waals surface area contributed by atoms with Crippen LogP contribution in [0.4, 0.5) is 0 Å². The number of nitrogens with zero attached hydrogens (tertiary/aromatic N) is 2. The first-order valence-electron chi connectivity index (χ1n) is 6.33. The number of carbonyl (C=O) groups is 1. The summed E-state index contributed by atoms with van der Waals surface area (Å²) in [6, 6.07) is 2.25. The fraction of sp³-hybridized carbons (Fsp3) is 0.846. The Bertz CT molecular complexity index is 272. The van der Waals surface area contributed by atoms with Gasteiger partial charge in [0.1, 0.15) is 0 Å². The zero-order chi connectivity index (χ0) is 13.4. The molecule has 0 saturated carbocycles. The van der Waals surface area contributed by atoms with Gasteiger partial charge in [-0.2, -0.15) is 5.26 Å². The van der Waals surface area contributed by atoms with E-state index in [1.54, 1.807) is 0 Å². The van der Waals surface area contributed by atoms with Crippen molar-refractivity contribution in [3.63, 3.8) is 0 Å². The molecule has 1 N–H and O–H groups in total. The normalized spacial score (nSPS) is 16.1. The molecular weight excluding hydrogens is 214 g/mol. The SMILES string of the molecule is CCCC(C)NC(=O)C(C)N(C)C(C)CC#N. The Labute approximate surface area is 105 Å². The Kier molecular flexibility index (Phi) is 7.56. The van der Waals surface area contributed by atoms with Gasteiger partial charge in [-0.3, -0.25) is 9.69 Å². The molecule has 17 heavy (non-hydrogen) atoms. The first-order valence-corrected chi connectivity index (χ1v) is 6.33. The molecule has 3 unspecified atom stereocenters. The van der Waals surface area contributed by atoms with Gasteiger partial charge in [0.05, 0.1) is 18.5 Å². The minimum Gasteiger partial charge on any atom is -0.352 e. The van der Waals surface area contributed by atoms with Crippen LogP contribution < -0.4 is 5.32 Å². The molecule has 0 aromatic heterocycles. The lowest BCUT2D eigenvalue weighted by atomic mass is 10.1. The van der Waals surface area contributed by atoms with Gasteiger partial charge in [0.2, 0.25) is 5.91 Å². The first-order chi connectivity index (χ1) is 7.93. The third-order valence-electron chi connectivity index (χ3n) is 3.18. The molecule has 0 aliphatic heterocycles. The van der Waals surface area contributed by atoms with Gasteiger partial charge in [0.15, 0.2) is 0 Å². The largest absolute Gasteiger partial charge is 0.352 e. The lowest BCUT2D eigenvalue weighted by Gasteiger charge is -2.29. The van der Waals surface area contributed by atoms with Gasteiger partial charge < -0.3 is 5.32 Å². The Morgan fingerprint density at radius 2 is 2.00 bits per heavy atom. The molecule has 0 aromatic carbocycles. The molecule has 0 aliphatic carbocycles. The number of hydrogen-bond donors (Lipinski definition) is 1. The van der Waals surface area contributed by atoms with Crippen LogP contribution in [-0.2, 0) is 4.79 Å². The number of nitrogens with one attached hydrogen (secondary N) is 1. The van der Waals surface area contributed by atoms with E-state index in [2.05, 4.69) is 18.3 Å². The van der Waals surface area contributed by atoms with Crippen molar-refractivity contribution in [1.29, 1.82) is 5.26 Å². The predicted octanol–water partition coefficient (Wildman–Crippen LogP) is 1.91. The second-order valence-corrected chi connectivity index (χ2v) is 4.75. The molecule has 0 radical (unpaired) electrons. The number of amides is 1. The maximum atomic E-state index is 11.9. The Hall–Kier alpha value is -1.08. The highest BCUT2D eigenvalue weighted by Crippen LogP contribution is 2.06. The molecule has 0 spiro atoms. The number of carbonyl (C=O) groups excluding carboxylic acids is 1. The fourth-order valence-corrected chi connectivity index (χ4v) is 1.71. The number of rotatable bonds is 7. The lowest BCUT2D eigenvalue weighted by Crippen LogP contribution is -2.48. The van der Waals surface area contributed by atoms with Crippen LogP contribution in [0.15, 0.2) is 0 Å². The van der Waals surface area contributed by atoms with Crippen LogP contribution in [-0.4, -0.2) is 36.0 Å². The molecule has 98 valence electrons. The highest BCUT2D eigenvalue weighted by Gasteiger charge is 2.22. The van der Waals surface area contributed by atoms with E-state index in [-0.39, 0.29) is 24.0 Å². The summed E-state index contributed by atoms with van der Waals surface area (Å²) in [5.41, 5.74) is 0. The summed E-state index contributed by atoms with van der Waals surface area (Å²) < 4.78 is 0. The molecular formula is C13H25N3O. The van der Waals surface area contributed by atoms with E-state index in [0.29, 0.717) is 6.42 Å². The standard InChI is InChI=1S/C13H25N3O/c1-6-7-10(2)15-13(17)12(4)16(5)11(3)8-9-14/h10-12H,6-8H2,1-5H3,(H,15,17). The summed E-state index contributed by atoms with van der Waals surface area (Å²) in [6.07, 6.45) is 2.51. The second kappa shape index (κ2) is 8.08. The summed E-state index contributed by atoms with van der Waals surface area (Å²) in [5, 5.41) is 11.6. The molecule has 0 aromatic rings. The topological polar surface area (TPSA) is 56.1 Å². The Morgan fingerprint density at radius 1 is 1.41 bits per heavy atom. The van der Waals surface area contributed by atoms with E-state index in [1.165, 1.54) is 0 Å². The van der Waals surface area contributed by atoms with Crippen molar-refractivity contribution < 1.29 is 4.79 Å². The van der Waals surface area contributed by atoms with Gasteiger partial charge >= 0.3 is 0 Å². The van der Waals surface area contributed by atoms with E-state index >= 15 is 0 Å². The molecule has 1 amide bonds. The van der Waals surface area contributed by atoms with Crippen LogP contribution >= 0.6 is 0 Å². The number of hydrogen-bond acceptors (Lipinski definition) is 3. The van der Waals surface area contributed by atoms with E-state index < -0.39 is 0 Å². The van der Waals surface area contributed by atoms with Gasteiger partial charge in [0.25, 0.3) is 0 Å². The average molecular weight is 239 g/mol. The van der Waals surface area contributed by atoms with Gasteiger partial charge in [-0.05, 0) is 34.2 Å². The van der Waals surface area contributed by atoms with Crippen LogP contribution in [0.1, 0.15) is 47.0 Å². The average Bonchev–Trinajstić information content (AvgIpc) is 2.27. The summed E-state index contributed by atoms with van der Waals surface area (Å²) in [6.45, 7) is 7.96. The maximum Gasteiger partial charge on any atom is 0.237 e. The maximum absolute atomic E-state index is 11.9. The quantitative estimate of drug-likeness (QED) is 0.738. The third kappa shape index (κ3) is 5.69. The van der Waals surface area contributed by atoms with Crippen LogP contribution in [0.5, 0.6) is 0 Å². The summed E-state index contributed by atoms with van der Waals surface area (Å²) >= 11 is 0. The summed E-state index contributed by atoms with van der Waals surface area (Å²) in [4.78, 5) is 13.9. The highest BCUT2D eigenvalue weighted by molar-refractivity contribution is 5.81. The van der Waals surface area contributed by atoms with Crippen LogP contribution in [0.25, 0.3) is 0 Å². The molecule has 0 bridgehead atoms. The Balaban J connectivity index is 4.25. The molecule has 4 nitrogen and oxygen atoms in total. The smallest absolute Gasteiger partial charge is 0.237 e. The van der Waals surface area contributed by atoms with Crippen LogP contribution in [0.3, 0.4) is 0 Å². The monoisotopic (exact) mass is 239 g/mol. The van der Waals surface area contributed by atoms with Crippen molar-refractivity contribution in [3.8, 4) is 6.07 Å². The summed E-state index contributed by atoms with van der Waals surface area (Å²) in [7, 11) is 1.89. The van der Waals surface area contributed by atoms with Crippen molar-refractivity contribution in [2.24, 2.45) is 0 Å². The predicted molar refractivity (Wildman–Crippen MR) is 69.4 cm³/mol.